The Hall–Kier alpha value is -1.53. The molecule has 0 saturated heterocycles. The first kappa shape index (κ1) is 10.6. The van der Waals surface area contributed by atoms with Gasteiger partial charge < -0.3 is 5.11 Å². The van der Waals surface area contributed by atoms with Crippen LogP contribution in [-0.4, -0.2) is 16.1 Å². The van der Waals surface area contributed by atoms with Crippen molar-refractivity contribution < 1.29 is 5.11 Å². The number of rotatable bonds is 3. The van der Waals surface area contributed by atoms with Gasteiger partial charge in [-0.2, -0.15) is 0 Å². The van der Waals surface area contributed by atoms with E-state index in [1.165, 1.54) is 0 Å². The normalized spacial score (nSPS) is 12.1. The Kier molecular flexibility index (Phi) is 3.49. The van der Waals surface area contributed by atoms with Crippen molar-refractivity contribution >= 4 is 0 Å². The fraction of sp³-hybridized carbons (Fsp3) is 0.364. The molecule has 0 aliphatic heterocycles. The smallest absolute Gasteiger partial charge is 0.138 e. The number of terminal acetylenes is 1. The van der Waals surface area contributed by atoms with E-state index >= 15 is 0 Å². The molecule has 0 aromatic carbocycles. The molecule has 14 heavy (non-hydrogen) atoms. The number of pyridine rings is 1. The van der Waals surface area contributed by atoms with E-state index in [9.17, 15) is 5.11 Å². The van der Waals surface area contributed by atoms with Crippen LogP contribution >= 0.6 is 0 Å². The molecule has 0 amide bonds. The zero-order chi connectivity index (χ0) is 10.6. The highest BCUT2D eigenvalue weighted by atomic mass is 16.3. The van der Waals surface area contributed by atoms with Crippen molar-refractivity contribution in [3.63, 3.8) is 0 Å². The Balaban J connectivity index is 2.67. The maximum absolute atomic E-state index is 9.47. The number of nitrogens with zero attached hydrogens (tertiary/aromatic N) is 1. The van der Waals surface area contributed by atoms with Crippen molar-refractivity contribution in [3.05, 3.63) is 23.5 Å². The molecule has 1 atom stereocenters. The van der Waals surface area contributed by atoms with E-state index in [4.69, 9.17) is 6.42 Å². The molecule has 0 saturated carbocycles. The summed E-state index contributed by atoms with van der Waals surface area (Å²) in [4.78, 5) is 4.20. The van der Waals surface area contributed by atoms with Gasteiger partial charge in [-0.3, -0.25) is 10.3 Å². The number of aromatic hydroxyl groups is 1. The van der Waals surface area contributed by atoms with E-state index in [1.54, 1.807) is 12.1 Å². The van der Waals surface area contributed by atoms with Crippen LogP contribution in [0.25, 0.3) is 0 Å². The van der Waals surface area contributed by atoms with Gasteiger partial charge in [0.25, 0.3) is 0 Å². The lowest BCUT2D eigenvalue weighted by Gasteiger charge is -2.08. The molecule has 1 aromatic heterocycles. The summed E-state index contributed by atoms with van der Waals surface area (Å²) in [6.45, 7) is 4.25. The number of aromatic nitrogens is 1. The minimum Gasteiger partial charge on any atom is -0.506 e. The fourth-order valence-corrected chi connectivity index (χ4v) is 1.04. The van der Waals surface area contributed by atoms with Gasteiger partial charge in [0.2, 0.25) is 0 Å². The molecule has 0 aliphatic carbocycles. The highest BCUT2D eigenvalue weighted by Crippen LogP contribution is 2.14. The van der Waals surface area contributed by atoms with Gasteiger partial charge in [-0.15, -0.1) is 6.42 Å². The van der Waals surface area contributed by atoms with Crippen LogP contribution in [0.5, 0.6) is 5.75 Å². The Labute approximate surface area is 84.2 Å². The predicted molar refractivity (Wildman–Crippen MR) is 55.8 cm³/mol. The standard InChI is InChI=1S/C11H14N2O/c1-4-8(2)12-7-10-11(14)6-5-9(3)13-10/h1,5-6,8,12,14H,7H2,2-3H3. The number of hydrogen-bond donors (Lipinski definition) is 2. The maximum atomic E-state index is 9.47. The predicted octanol–water partition coefficient (Wildman–Crippen LogP) is 1.21. The van der Waals surface area contributed by atoms with Crippen LogP contribution in [0.4, 0.5) is 0 Å². The molecule has 1 heterocycles. The number of aryl methyl sites for hydroxylation is 1. The minimum atomic E-state index is -0.0169. The summed E-state index contributed by atoms with van der Waals surface area (Å²) >= 11 is 0. The van der Waals surface area contributed by atoms with E-state index in [0.717, 1.165) is 5.69 Å². The second kappa shape index (κ2) is 4.64. The SMILES string of the molecule is C#CC(C)NCc1nc(C)ccc1O. The van der Waals surface area contributed by atoms with Crippen molar-refractivity contribution in [1.82, 2.24) is 10.3 Å². The van der Waals surface area contributed by atoms with Crippen molar-refractivity contribution in [2.45, 2.75) is 26.4 Å². The topological polar surface area (TPSA) is 45.2 Å². The van der Waals surface area contributed by atoms with Crippen LogP contribution in [0.2, 0.25) is 0 Å². The second-order valence-electron chi connectivity index (χ2n) is 3.19. The fourth-order valence-electron chi connectivity index (χ4n) is 1.04. The lowest BCUT2D eigenvalue weighted by molar-refractivity contribution is 0.458. The molecule has 0 bridgehead atoms. The third-order valence-corrected chi connectivity index (χ3v) is 1.92. The van der Waals surface area contributed by atoms with Crippen molar-refractivity contribution in [2.24, 2.45) is 0 Å². The monoisotopic (exact) mass is 190 g/mol. The van der Waals surface area contributed by atoms with Gasteiger partial charge in [-0.1, -0.05) is 5.92 Å². The second-order valence-corrected chi connectivity index (χ2v) is 3.19. The van der Waals surface area contributed by atoms with Gasteiger partial charge in [-0.05, 0) is 26.0 Å². The number of hydrogen-bond acceptors (Lipinski definition) is 3. The maximum Gasteiger partial charge on any atom is 0.138 e. The Morgan fingerprint density at radius 3 is 3.00 bits per heavy atom. The first-order valence-corrected chi connectivity index (χ1v) is 4.48. The molecule has 1 rings (SSSR count). The molecule has 0 fully saturated rings. The molecule has 3 heteroatoms. The van der Waals surface area contributed by atoms with E-state index in [0.29, 0.717) is 12.2 Å². The first-order chi connectivity index (χ1) is 6.63. The molecular formula is C11H14N2O. The van der Waals surface area contributed by atoms with Gasteiger partial charge in [0, 0.05) is 12.2 Å². The third kappa shape index (κ3) is 2.75. The van der Waals surface area contributed by atoms with E-state index < -0.39 is 0 Å². The summed E-state index contributed by atoms with van der Waals surface area (Å²) in [6, 6.07) is 3.39. The summed E-state index contributed by atoms with van der Waals surface area (Å²) in [5.41, 5.74) is 1.51. The van der Waals surface area contributed by atoms with Crippen LogP contribution < -0.4 is 5.32 Å². The molecule has 1 aromatic rings. The Bertz CT molecular complexity index is 355. The average molecular weight is 190 g/mol. The molecular weight excluding hydrogens is 176 g/mol. The van der Waals surface area contributed by atoms with Gasteiger partial charge in [0.15, 0.2) is 0 Å². The van der Waals surface area contributed by atoms with Crippen LogP contribution in [0.1, 0.15) is 18.3 Å². The van der Waals surface area contributed by atoms with Gasteiger partial charge in [0.05, 0.1) is 11.7 Å². The van der Waals surface area contributed by atoms with Crippen LogP contribution in [0.3, 0.4) is 0 Å². The molecule has 0 spiro atoms. The van der Waals surface area contributed by atoms with E-state index in [-0.39, 0.29) is 11.8 Å². The third-order valence-electron chi connectivity index (χ3n) is 1.92. The molecule has 74 valence electrons. The largest absolute Gasteiger partial charge is 0.506 e. The van der Waals surface area contributed by atoms with Gasteiger partial charge >= 0.3 is 0 Å². The van der Waals surface area contributed by atoms with Crippen LogP contribution in [0.15, 0.2) is 12.1 Å². The van der Waals surface area contributed by atoms with E-state index in [2.05, 4.69) is 16.2 Å². The van der Waals surface area contributed by atoms with Crippen LogP contribution in [0, 0.1) is 19.3 Å². The molecule has 1 unspecified atom stereocenters. The van der Waals surface area contributed by atoms with E-state index in [1.807, 2.05) is 13.8 Å². The lowest BCUT2D eigenvalue weighted by Crippen LogP contribution is -2.24. The average Bonchev–Trinajstić information content (AvgIpc) is 2.19. The zero-order valence-electron chi connectivity index (χ0n) is 8.41. The minimum absolute atomic E-state index is 0.0169. The summed E-state index contributed by atoms with van der Waals surface area (Å²) in [6.07, 6.45) is 5.21. The van der Waals surface area contributed by atoms with Crippen molar-refractivity contribution in [1.29, 1.82) is 0 Å². The summed E-state index contributed by atoms with van der Waals surface area (Å²) in [7, 11) is 0. The quantitative estimate of drug-likeness (QED) is 0.704. The number of nitrogens with one attached hydrogen (secondary N) is 1. The van der Waals surface area contributed by atoms with Gasteiger partial charge in [-0.25, -0.2) is 0 Å². The Morgan fingerprint density at radius 2 is 2.36 bits per heavy atom. The molecule has 0 aliphatic rings. The molecule has 0 radical (unpaired) electrons. The summed E-state index contributed by atoms with van der Waals surface area (Å²) < 4.78 is 0. The van der Waals surface area contributed by atoms with Crippen LogP contribution in [-0.2, 0) is 6.54 Å². The molecule has 3 nitrogen and oxygen atoms in total. The van der Waals surface area contributed by atoms with Crippen molar-refractivity contribution in [3.8, 4) is 18.1 Å². The summed E-state index contributed by atoms with van der Waals surface area (Å²) in [5, 5.41) is 12.5. The molecule has 2 N–H and O–H groups in total. The highest BCUT2D eigenvalue weighted by molar-refractivity contribution is 5.27. The summed E-state index contributed by atoms with van der Waals surface area (Å²) in [5.74, 6) is 2.75. The zero-order valence-corrected chi connectivity index (χ0v) is 8.41. The van der Waals surface area contributed by atoms with Crippen molar-refractivity contribution in [2.75, 3.05) is 0 Å². The lowest BCUT2D eigenvalue weighted by atomic mass is 10.2. The van der Waals surface area contributed by atoms with Gasteiger partial charge in [0.1, 0.15) is 5.75 Å². The Morgan fingerprint density at radius 1 is 1.64 bits per heavy atom. The highest BCUT2D eigenvalue weighted by Gasteiger charge is 2.03. The first-order valence-electron chi connectivity index (χ1n) is 4.48.